The Labute approximate surface area is 154 Å². The Morgan fingerprint density at radius 1 is 1.19 bits per heavy atom. The summed E-state index contributed by atoms with van der Waals surface area (Å²) in [5, 5.41) is 2.98. The molecule has 1 amide bonds. The Bertz CT molecular complexity index is 802. The summed E-state index contributed by atoms with van der Waals surface area (Å²) in [6.07, 6.45) is 1.10. The summed E-state index contributed by atoms with van der Waals surface area (Å²) in [4.78, 5) is 15.0. The molecule has 0 radical (unpaired) electrons. The quantitative estimate of drug-likeness (QED) is 0.848. The molecule has 0 aromatic heterocycles. The number of fused-ring (bicyclic) bond motifs is 1. The highest BCUT2D eigenvalue weighted by Crippen LogP contribution is 2.32. The van der Waals surface area contributed by atoms with Gasteiger partial charge in [0.25, 0.3) is 5.91 Å². The van der Waals surface area contributed by atoms with E-state index in [4.69, 9.17) is 9.47 Å². The van der Waals surface area contributed by atoms with Crippen LogP contribution in [0.1, 0.15) is 36.7 Å². The smallest absolute Gasteiger partial charge is 0.255 e. The standard InChI is InChI=1S/C21H26N2O3/c1-5-23-11-10-15-6-8-17(13-18(15)23)22-21(24)16-7-9-19(26-14(2)3)20(12-16)25-4/h6-9,12-14H,5,10-11H2,1-4H3,(H,22,24). The molecule has 0 saturated heterocycles. The van der Waals surface area contributed by atoms with E-state index in [2.05, 4.69) is 29.3 Å². The van der Waals surface area contributed by atoms with Crippen LogP contribution in [0.15, 0.2) is 36.4 Å². The zero-order valence-corrected chi connectivity index (χ0v) is 15.8. The predicted molar refractivity (Wildman–Crippen MR) is 105 cm³/mol. The number of hydrogen-bond donors (Lipinski definition) is 1. The van der Waals surface area contributed by atoms with E-state index in [1.165, 1.54) is 11.3 Å². The molecule has 0 spiro atoms. The maximum Gasteiger partial charge on any atom is 0.255 e. The molecule has 1 aliphatic rings. The molecule has 1 heterocycles. The first-order chi connectivity index (χ1) is 12.5. The molecular formula is C21H26N2O3. The zero-order chi connectivity index (χ0) is 18.7. The number of amides is 1. The lowest BCUT2D eigenvalue weighted by atomic mass is 10.1. The van der Waals surface area contributed by atoms with Gasteiger partial charge >= 0.3 is 0 Å². The van der Waals surface area contributed by atoms with Gasteiger partial charge in [0.05, 0.1) is 13.2 Å². The van der Waals surface area contributed by atoms with Crippen molar-refractivity contribution in [3.8, 4) is 11.5 Å². The Balaban J connectivity index is 1.78. The summed E-state index contributed by atoms with van der Waals surface area (Å²) in [6, 6.07) is 11.3. The molecule has 26 heavy (non-hydrogen) atoms. The van der Waals surface area contributed by atoms with Gasteiger partial charge in [-0.15, -0.1) is 0 Å². The molecule has 0 unspecified atom stereocenters. The number of nitrogens with one attached hydrogen (secondary N) is 1. The first-order valence-electron chi connectivity index (χ1n) is 9.05. The van der Waals surface area contributed by atoms with Crippen molar-refractivity contribution in [1.82, 2.24) is 0 Å². The summed E-state index contributed by atoms with van der Waals surface area (Å²) < 4.78 is 11.1. The number of ether oxygens (including phenoxy) is 2. The van der Waals surface area contributed by atoms with Gasteiger partial charge in [0.15, 0.2) is 11.5 Å². The van der Waals surface area contributed by atoms with Crippen LogP contribution < -0.4 is 19.7 Å². The minimum absolute atomic E-state index is 0.0384. The van der Waals surface area contributed by atoms with Crippen LogP contribution in [-0.4, -0.2) is 32.2 Å². The summed E-state index contributed by atoms with van der Waals surface area (Å²) in [6.45, 7) is 8.06. The molecule has 0 atom stereocenters. The normalized spacial score (nSPS) is 12.9. The SMILES string of the molecule is CCN1CCc2ccc(NC(=O)c3ccc(OC(C)C)c(OC)c3)cc21. The Morgan fingerprint density at radius 2 is 2.00 bits per heavy atom. The molecule has 0 fully saturated rings. The molecule has 5 nitrogen and oxygen atoms in total. The molecule has 5 heteroatoms. The fraction of sp³-hybridized carbons (Fsp3) is 0.381. The van der Waals surface area contributed by atoms with Gasteiger partial charge in [-0.25, -0.2) is 0 Å². The molecule has 2 aromatic carbocycles. The first kappa shape index (κ1) is 18.1. The first-order valence-corrected chi connectivity index (χ1v) is 9.05. The van der Waals surface area contributed by atoms with E-state index in [0.29, 0.717) is 17.1 Å². The highest BCUT2D eigenvalue weighted by molar-refractivity contribution is 6.05. The van der Waals surface area contributed by atoms with Crippen molar-refractivity contribution in [2.75, 3.05) is 30.4 Å². The minimum Gasteiger partial charge on any atom is -0.493 e. The van der Waals surface area contributed by atoms with E-state index in [-0.39, 0.29) is 12.0 Å². The number of rotatable bonds is 6. The van der Waals surface area contributed by atoms with Crippen LogP contribution in [0.2, 0.25) is 0 Å². The maximum absolute atomic E-state index is 12.6. The van der Waals surface area contributed by atoms with E-state index in [1.807, 2.05) is 19.9 Å². The maximum atomic E-state index is 12.6. The van der Waals surface area contributed by atoms with Crippen molar-refractivity contribution in [1.29, 1.82) is 0 Å². The van der Waals surface area contributed by atoms with Crippen LogP contribution in [0, 0.1) is 0 Å². The number of carbonyl (C=O) groups excluding carboxylic acids is 1. The largest absolute Gasteiger partial charge is 0.493 e. The van der Waals surface area contributed by atoms with Crippen molar-refractivity contribution >= 4 is 17.3 Å². The van der Waals surface area contributed by atoms with Crippen LogP contribution in [-0.2, 0) is 6.42 Å². The predicted octanol–water partition coefficient (Wildman–Crippen LogP) is 4.12. The van der Waals surface area contributed by atoms with Crippen LogP contribution >= 0.6 is 0 Å². The fourth-order valence-electron chi connectivity index (χ4n) is 3.22. The lowest BCUT2D eigenvalue weighted by Crippen LogP contribution is -2.19. The van der Waals surface area contributed by atoms with Gasteiger partial charge in [-0.3, -0.25) is 4.79 Å². The molecule has 0 aliphatic carbocycles. The highest BCUT2D eigenvalue weighted by Gasteiger charge is 2.19. The van der Waals surface area contributed by atoms with E-state index < -0.39 is 0 Å². The van der Waals surface area contributed by atoms with Gasteiger partial charge in [-0.1, -0.05) is 6.07 Å². The monoisotopic (exact) mass is 354 g/mol. The zero-order valence-electron chi connectivity index (χ0n) is 15.8. The van der Waals surface area contributed by atoms with Crippen LogP contribution in [0.3, 0.4) is 0 Å². The van der Waals surface area contributed by atoms with Crippen LogP contribution in [0.4, 0.5) is 11.4 Å². The third kappa shape index (κ3) is 3.77. The summed E-state index contributed by atoms with van der Waals surface area (Å²) in [5.74, 6) is 1.02. The Hall–Kier alpha value is -2.69. The average Bonchev–Trinajstić information content (AvgIpc) is 3.03. The molecule has 3 rings (SSSR count). The number of nitrogens with zero attached hydrogens (tertiary/aromatic N) is 1. The van der Waals surface area contributed by atoms with Crippen molar-refractivity contribution < 1.29 is 14.3 Å². The van der Waals surface area contributed by atoms with Crippen molar-refractivity contribution in [3.63, 3.8) is 0 Å². The number of benzene rings is 2. The fourth-order valence-corrected chi connectivity index (χ4v) is 3.22. The lowest BCUT2D eigenvalue weighted by molar-refractivity contribution is 0.102. The number of methoxy groups -OCH3 is 1. The van der Waals surface area contributed by atoms with Crippen molar-refractivity contribution in [2.45, 2.75) is 33.3 Å². The Kier molecular flexibility index (Phi) is 5.35. The minimum atomic E-state index is -0.166. The molecule has 1 aliphatic heterocycles. The molecular weight excluding hydrogens is 328 g/mol. The van der Waals surface area contributed by atoms with E-state index in [1.54, 1.807) is 25.3 Å². The molecule has 2 aromatic rings. The summed E-state index contributed by atoms with van der Waals surface area (Å²) >= 11 is 0. The van der Waals surface area contributed by atoms with E-state index in [0.717, 1.165) is 25.2 Å². The number of likely N-dealkylation sites (N-methyl/N-ethyl adjacent to an activating group) is 1. The van der Waals surface area contributed by atoms with E-state index >= 15 is 0 Å². The van der Waals surface area contributed by atoms with Gasteiger partial charge in [0, 0.05) is 30.0 Å². The van der Waals surface area contributed by atoms with E-state index in [9.17, 15) is 4.79 Å². The number of carbonyl (C=O) groups is 1. The van der Waals surface area contributed by atoms with Crippen molar-refractivity contribution in [3.05, 3.63) is 47.5 Å². The summed E-state index contributed by atoms with van der Waals surface area (Å²) in [7, 11) is 1.57. The molecule has 138 valence electrons. The third-order valence-electron chi connectivity index (χ3n) is 4.51. The van der Waals surface area contributed by atoms with Crippen LogP contribution in [0.25, 0.3) is 0 Å². The van der Waals surface area contributed by atoms with Gasteiger partial charge in [0.1, 0.15) is 0 Å². The third-order valence-corrected chi connectivity index (χ3v) is 4.51. The highest BCUT2D eigenvalue weighted by atomic mass is 16.5. The molecule has 1 N–H and O–H groups in total. The Morgan fingerprint density at radius 3 is 2.69 bits per heavy atom. The molecule has 0 saturated carbocycles. The van der Waals surface area contributed by atoms with Gasteiger partial charge in [-0.05, 0) is 63.1 Å². The summed E-state index contributed by atoms with van der Waals surface area (Å²) in [5.41, 5.74) is 3.88. The average molecular weight is 354 g/mol. The lowest BCUT2D eigenvalue weighted by Gasteiger charge is -2.17. The van der Waals surface area contributed by atoms with Gasteiger partial charge < -0.3 is 19.7 Å². The van der Waals surface area contributed by atoms with Crippen molar-refractivity contribution in [2.24, 2.45) is 0 Å². The second-order valence-electron chi connectivity index (χ2n) is 6.66. The second-order valence-corrected chi connectivity index (χ2v) is 6.66. The number of anilines is 2. The molecule has 0 bridgehead atoms. The number of hydrogen-bond acceptors (Lipinski definition) is 4. The van der Waals surface area contributed by atoms with Crippen LogP contribution in [0.5, 0.6) is 11.5 Å². The topological polar surface area (TPSA) is 50.8 Å². The van der Waals surface area contributed by atoms with Gasteiger partial charge in [0.2, 0.25) is 0 Å². The second kappa shape index (κ2) is 7.68. The van der Waals surface area contributed by atoms with Gasteiger partial charge in [-0.2, -0.15) is 0 Å².